The minimum atomic E-state index is 0.811. The van der Waals surface area contributed by atoms with Crippen LogP contribution < -0.4 is 5.32 Å². The summed E-state index contributed by atoms with van der Waals surface area (Å²) in [7, 11) is 0. The Bertz CT molecular complexity index is 532. The number of piperidine rings is 1. The van der Waals surface area contributed by atoms with E-state index in [1.54, 1.807) is 17.3 Å². The Labute approximate surface area is 121 Å². The lowest BCUT2D eigenvalue weighted by Gasteiger charge is -2.22. The Hall–Kier alpha value is -1.20. The Morgan fingerprint density at radius 1 is 1.32 bits per heavy atom. The molecule has 100 valence electrons. The van der Waals surface area contributed by atoms with Crippen LogP contribution in [-0.4, -0.2) is 27.9 Å². The van der Waals surface area contributed by atoms with Crippen LogP contribution in [0.15, 0.2) is 35.3 Å². The standard InChI is InChI=1S/C14H17BrN4/c15-13-8-12(7-11-3-5-16-6-4-11)1-2-14(13)19-10-17-9-18-19/h1-2,8-11,16H,3-7H2. The molecular formula is C14H17BrN4. The summed E-state index contributed by atoms with van der Waals surface area (Å²) in [6.07, 6.45) is 6.99. The van der Waals surface area contributed by atoms with Gasteiger partial charge in [0.1, 0.15) is 12.7 Å². The van der Waals surface area contributed by atoms with Crippen LogP contribution in [0.1, 0.15) is 18.4 Å². The number of hydrogen-bond donors (Lipinski definition) is 1. The van der Waals surface area contributed by atoms with E-state index in [1.807, 2.05) is 0 Å². The van der Waals surface area contributed by atoms with Gasteiger partial charge >= 0.3 is 0 Å². The van der Waals surface area contributed by atoms with Crippen molar-refractivity contribution >= 4 is 15.9 Å². The Morgan fingerprint density at radius 3 is 2.84 bits per heavy atom. The molecule has 0 unspecified atom stereocenters. The summed E-state index contributed by atoms with van der Waals surface area (Å²) >= 11 is 3.63. The molecule has 4 nitrogen and oxygen atoms in total. The summed E-state index contributed by atoms with van der Waals surface area (Å²) in [6.45, 7) is 2.31. The van der Waals surface area contributed by atoms with Gasteiger partial charge in [-0.2, -0.15) is 5.10 Å². The van der Waals surface area contributed by atoms with Gasteiger partial charge in [-0.25, -0.2) is 9.67 Å². The van der Waals surface area contributed by atoms with Crippen molar-refractivity contribution in [3.05, 3.63) is 40.9 Å². The SMILES string of the molecule is Brc1cc(CC2CCNCC2)ccc1-n1cncn1. The first-order valence-corrected chi connectivity index (χ1v) is 7.46. The summed E-state index contributed by atoms with van der Waals surface area (Å²) in [5.41, 5.74) is 2.43. The quantitative estimate of drug-likeness (QED) is 0.945. The highest BCUT2D eigenvalue weighted by molar-refractivity contribution is 9.10. The number of halogens is 1. The fourth-order valence-electron chi connectivity index (χ4n) is 2.61. The third-order valence-electron chi connectivity index (χ3n) is 3.66. The second-order valence-electron chi connectivity index (χ2n) is 5.02. The second-order valence-corrected chi connectivity index (χ2v) is 5.88. The first-order chi connectivity index (χ1) is 9.33. The third-order valence-corrected chi connectivity index (χ3v) is 4.30. The lowest BCUT2D eigenvalue weighted by atomic mass is 9.91. The Kier molecular flexibility index (Phi) is 3.94. The van der Waals surface area contributed by atoms with E-state index in [2.05, 4.69) is 49.5 Å². The van der Waals surface area contributed by atoms with Gasteiger partial charge in [0.05, 0.1) is 5.69 Å². The molecule has 0 atom stereocenters. The summed E-state index contributed by atoms with van der Waals surface area (Å²) in [5, 5.41) is 7.57. The molecule has 1 saturated heterocycles. The second kappa shape index (κ2) is 5.84. The van der Waals surface area contributed by atoms with E-state index in [9.17, 15) is 0 Å². The van der Waals surface area contributed by atoms with Gasteiger partial charge in [0, 0.05) is 4.47 Å². The first kappa shape index (κ1) is 12.8. The average Bonchev–Trinajstić information content (AvgIpc) is 2.94. The van der Waals surface area contributed by atoms with Crippen molar-refractivity contribution in [3.63, 3.8) is 0 Å². The zero-order valence-corrected chi connectivity index (χ0v) is 12.3. The fraction of sp³-hybridized carbons (Fsp3) is 0.429. The molecule has 19 heavy (non-hydrogen) atoms. The predicted molar refractivity (Wildman–Crippen MR) is 78.4 cm³/mol. The molecule has 1 aromatic heterocycles. The van der Waals surface area contributed by atoms with Crippen LogP contribution in [0.25, 0.3) is 5.69 Å². The van der Waals surface area contributed by atoms with Crippen LogP contribution in [0.3, 0.4) is 0 Å². The maximum Gasteiger partial charge on any atom is 0.138 e. The summed E-state index contributed by atoms with van der Waals surface area (Å²) in [6, 6.07) is 6.51. The maximum atomic E-state index is 4.16. The number of benzene rings is 1. The van der Waals surface area contributed by atoms with Crippen LogP contribution >= 0.6 is 15.9 Å². The first-order valence-electron chi connectivity index (χ1n) is 6.67. The van der Waals surface area contributed by atoms with Gasteiger partial charge in [0.2, 0.25) is 0 Å². The number of nitrogens with one attached hydrogen (secondary N) is 1. The van der Waals surface area contributed by atoms with Gasteiger partial charge in [-0.1, -0.05) is 6.07 Å². The van der Waals surface area contributed by atoms with Crippen molar-refractivity contribution in [1.29, 1.82) is 0 Å². The molecule has 1 aliphatic rings. The lowest BCUT2D eigenvalue weighted by molar-refractivity contribution is 0.372. The van der Waals surface area contributed by atoms with E-state index in [4.69, 9.17) is 0 Å². The zero-order chi connectivity index (χ0) is 13.1. The van der Waals surface area contributed by atoms with Gasteiger partial charge in [-0.15, -0.1) is 0 Å². The molecule has 2 aromatic rings. The third kappa shape index (κ3) is 3.04. The summed E-state index contributed by atoms with van der Waals surface area (Å²) in [4.78, 5) is 3.98. The molecule has 0 amide bonds. The predicted octanol–water partition coefficient (Wildman–Crippen LogP) is 2.57. The normalized spacial score (nSPS) is 16.7. The molecule has 1 N–H and O–H groups in total. The van der Waals surface area contributed by atoms with Crippen molar-refractivity contribution in [2.24, 2.45) is 5.92 Å². The van der Waals surface area contributed by atoms with Crippen LogP contribution in [0.4, 0.5) is 0 Å². The van der Waals surface area contributed by atoms with Gasteiger partial charge in [-0.3, -0.25) is 0 Å². The molecule has 1 aliphatic heterocycles. The minimum Gasteiger partial charge on any atom is -0.317 e. The van der Waals surface area contributed by atoms with Crippen molar-refractivity contribution in [1.82, 2.24) is 20.1 Å². The van der Waals surface area contributed by atoms with Gasteiger partial charge in [-0.05, 0) is 71.9 Å². The van der Waals surface area contributed by atoms with Gasteiger partial charge in [0.25, 0.3) is 0 Å². The number of nitrogens with zero attached hydrogens (tertiary/aromatic N) is 3. The van der Waals surface area contributed by atoms with E-state index in [1.165, 1.54) is 18.4 Å². The zero-order valence-electron chi connectivity index (χ0n) is 10.7. The van der Waals surface area contributed by atoms with Crippen LogP contribution in [-0.2, 0) is 6.42 Å². The number of hydrogen-bond acceptors (Lipinski definition) is 3. The highest BCUT2D eigenvalue weighted by Gasteiger charge is 2.14. The molecule has 0 radical (unpaired) electrons. The van der Waals surface area contributed by atoms with Gasteiger partial charge < -0.3 is 5.32 Å². The minimum absolute atomic E-state index is 0.811. The lowest BCUT2D eigenvalue weighted by Crippen LogP contribution is -2.28. The fourth-order valence-corrected chi connectivity index (χ4v) is 3.22. The molecule has 5 heteroatoms. The average molecular weight is 321 g/mol. The smallest absolute Gasteiger partial charge is 0.138 e. The largest absolute Gasteiger partial charge is 0.317 e. The molecule has 1 fully saturated rings. The van der Waals surface area contributed by atoms with Crippen molar-refractivity contribution in [2.75, 3.05) is 13.1 Å². The van der Waals surface area contributed by atoms with Gasteiger partial charge in [0.15, 0.2) is 0 Å². The van der Waals surface area contributed by atoms with Crippen LogP contribution in [0.2, 0.25) is 0 Å². The highest BCUT2D eigenvalue weighted by Crippen LogP contribution is 2.25. The molecule has 3 rings (SSSR count). The van der Waals surface area contributed by atoms with E-state index < -0.39 is 0 Å². The van der Waals surface area contributed by atoms with Crippen molar-refractivity contribution in [2.45, 2.75) is 19.3 Å². The number of rotatable bonds is 3. The Morgan fingerprint density at radius 2 is 2.16 bits per heavy atom. The molecule has 0 bridgehead atoms. The molecule has 0 saturated carbocycles. The molecule has 2 heterocycles. The monoisotopic (exact) mass is 320 g/mol. The van der Waals surface area contributed by atoms with Crippen molar-refractivity contribution < 1.29 is 0 Å². The van der Waals surface area contributed by atoms with E-state index in [0.717, 1.165) is 35.6 Å². The molecule has 0 spiro atoms. The van der Waals surface area contributed by atoms with E-state index >= 15 is 0 Å². The van der Waals surface area contributed by atoms with E-state index in [0.29, 0.717) is 0 Å². The van der Waals surface area contributed by atoms with Crippen molar-refractivity contribution in [3.8, 4) is 5.69 Å². The molecule has 1 aromatic carbocycles. The molecule has 0 aliphatic carbocycles. The van der Waals surface area contributed by atoms with E-state index in [-0.39, 0.29) is 0 Å². The summed E-state index contributed by atoms with van der Waals surface area (Å²) < 4.78 is 2.85. The molecular weight excluding hydrogens is 304 g/mol. The number of aromatic nitrogens is 3. The van der Waals surface area contributed by atoms with Crippen LogP contribution in [0.5, 0.6) is 0 Å². The van der Waals surface area contributed by atoms with Crippen LogP contribution in [0, 0.1) is 5.92 Å². The topological polar surface area (TPSA) is 42.7 Å². The summed E-state index contributed by atoms with van der Waals surface area (Å²) in [5.74, 6) is 0.811. The maximum absolute atomic E-state index is 4.16. The highest BCUT2D eigenvalue weighted by atomic mass is 79.9. The Balaban J connectivity index is 1.75.